The number of nitrogens with zero attached hydrogens (tertiary/aromatic N) is 2. The van der Waals surface area contributed by atoms with Crippen molar-refractivity contribution in [3.8, 4) is 0 Å². The van der Waals surface area contributed by atoms with Crippen molar-refractivity contribution in [2.75, 3.05) is 11.1 Å². The minimum Gasteiger partial charge on any atom is -0.368 e. The second-order valence-corrected chi connectivity index (χ2v) is 5.12. The van der Waals surface area contributed by atoms with E-state index in [9.17, 15) is 9.59 Å². The van der Waals surface area contributed by atoms with Crippen molar-refractivity contribution in [2.45, 2.75) is 19.4 Å². The molecule has 2 aromatic rings. The standard InChI is InChI=1S/C15H15N5O2/c1-8-6-12(20-15(16)17-8)14(22)19-11-7-13(21)18-10-5-3-2-4-9(10)11/h2-6,11H,7H2,1H3,(H,18,21)(H,19,22)(H2,16,17,20). The predicted molar refractivity (Wildman–Crippen MR) is 81.1 cm³/mol. The smallest absolute Gasteiger partial charge is 0.270 e. The van der Waals surface area contributed by atoms with E-state index >= 15 is 0 Å². The van der Waals surface area contributed by atoms with Crippen LogP contribution in [-0.2, 0) is 4.79 Å². The molecule has 3 rings (SSSR count). The molecule has 1 atom stereocenters. The molecular weight excluding hydrogens is 282 g/mol. The highest BCUT2D eigenvalue weighted by atomic mass is 16.2. The predicted octanol–water partition coefficient (Wildman–Crippen LogP) is 1.18. The van der Waals surface area contributed by atoms with Crippen LogP contribution >= 0.6 is 0 Å². The summed E-state index contributed by atoms with van der Waals surface area (Å²) in [5, 5.41) is 5.62. The summed E-state index contributed by atoms with van der Waals surface area (Å²) in [5.41, 5.74) is 7.94. The van der Waals surface area contributed by atoms with Gasteiger partial charge in [-0.25, -0.2) is 9.97 Å². The number of aryl methyl sites for hydroxylation is 1. The van der Waals surface area contributed by atoms with Gasteiger partial charge in [0.2, 0.25) is 11.9 Å². The maximum atomic E-state index is 12.3. The van der Waals surface area contributed by atoms with Gasteiger partial charge in [-0.05, 0) is 24.6 Å². The van der Waals surface area contributed by atoms with Gasteiger partial charge in [0.05, 0.1) is 12.5 Å². The van der Waals surface area contributed by atoms with Gasteiger partial charge in [0.25, 0.3) is 5.91 Å². The zero-order chi connectivity index (χ0) is 15.7. The molecule has 0 saturated carbocycles. The molecule has 112 valence electrons. The first-order valence-electron chi connectivity index (χ1n) is 6.84. The number of fused-ring (bicyclic) bond motifs is 1. The minimum atomic E-state index is -0.394. The number of para-hydroxylation sites is 1. The molecule has 1 aromatic heterocycles. The maximum Gasteiger partial charge on any atom is 0.270 e. The van der Waals surface area contributed by atoms with Gasteiger partial charge in [0, 0.05) is 11.4 Å². The van der Waals surface area contributed by atoms with Gasteiger partial charge in [-0.1, -0.05) is 18.2 Å². The van der Waals surface area contributed by atoms with Gasteiger partial charge < -0.3 is 16.4 Å². The van der Waals surface area contributed by atoms with E-state index < -0.39 is 6.04 Å². The monoisotopic (exact) mass is 297 g/mol. The molecule has 1 aromatic carbocycles. The van der Waals surface area contributed by atoms with Crippen molar-refractivity contribution in [1.29, 1.82) is 0 Å². The minimum absolute atomic E-state index is 0.0481. The van der Waals surface area contributed by atoms with Crippen molar-refractivity contribution < 1.29 is 9.59 Å². The highest BCUT2D eigenvalue weighted by molar-refractivity contribution is 5.97. The first kappa shape index (κ1) is 14.0. The molecule has 0 saturated heterocycles. The lowest BCUT2D eigenvalue weighted by Gasteiger charge is -2.26. The maximum absolute atomic E-state index is 12.3. The number of nitrogens with two attached hydrogens (primary N) is 1. The van der Waals surface area contributed by atoms with Crippen LogP contribution in [0.1, 0.15) is 34.2 Å². The number of anilines is 2. The van der Waals surface area contributed by atoms with Gasteiger partial charge in [-0.2, -0.15) is 0 Å². The fraction of sp³-hybridized carbons (Fsp3) is 0.200. The number of hydrogen-bond acceptors (Lipinski definition) is 5. The summed E-state index contributed by atoms with van der Waals surface area (Å²) >= 11 is 0. The van der Waals surface area contributed by atoms with Crippen molar-refractivity contribution in [3.05, 3.63) is 47.3 Å². The van der Waals surface area contributed by atoms with E-state index in [0.29, 0.717) is 11.4 Å². The molecule has 22 heavy (non-hydrogen) atoms. The van der Waals surface area contributed by atoms with Crippen LogP contribution in [0.3, 0.4) is 0 Å². The first-order valence-corrected chi connectivity index (χ1v) is 6.84. The summed E-state index contributed by atoms with van der Waals surface area (Å²) in [7, 11) is 0. The van der Waals surface area contributed by atoms with E-state index in [1.54, 1.807) is 19.1 Å². The number of rotatable bonds is 2. The van der Waals surface area contributed by atoms with Gasteiger partial charge >= 0.3 is 0 Å². The molecule has 1 aliphatic rings. The molecule has 4 N–H and O–H groups in total. The number of nitrogen functional groups attached to an aromatic ring is 1. The van der Waals surface area contributed by atoms with E-state index in [-0.39, 0.29) is 29.9 Å². The number of hydrogen-bond donors (Lipinski definition) is 3. The fourth-order valence-corrected chi connectivity index (χ4v) is 2.48. The molecule has 1 aliphatic heterocycles. The lowest BCUT2D eigenvalue weighted by molar-refractivity contribution is -0.116. The van der Waals surface area contributed by atoms with Crippen LogP contribution in [0.25, 0.3) is 0 Å². The summed E-state index contributed by atoms with van der Waals surface area (Å²) in [6, 6.07) is 8.53. The second kappa shape index (κ2) is 5.44. The summed E-state index contributed by atoms with van der Waals surface area (Å²) in [5.74, 6) is -0.471. The van der Waals surface area contributed by atoms with Crippen LogP contribution in [-0.4, -0.2) is 21.8 Å². The molecule has 0 spiro atoms. The molecule has 0 radical (unpaired) electrons. The van der Waals surface area contributed by atoms with Crippen molar-refractivity contribution in [1.82, 2.24) is 15.3 Å². The second-order valence-electron chi connectivity index (χ2n) is 5.12. The Morgan fingerprint density at radius 3 is 2.91 bits per heavy atom. The van der Waals surface area contributed by atoms with E-state index in [4.69, 9.17) is 5.73 Å². The quantitative estimate of drug-likeness (QED) is 0.771. The third-order valence-corrected chi connectivity index (χ3v) is 3.41. The Balaban J connectivity index is 1.86. The van der Waals surface area contributed by atoms with E-state index in [0.717, 1.165) is 5.56 Å². The summed E-state index contributed by atoms with van der Waals surface area (Å²) in [6.45, 7) is 1.73. The fourth-order valence-electron chi connectivity index (χ4n) is 2.48. The molecule has 0 aliphatic carbocycles. The lowest BCUT2D eigenvalue weighted by atomic mass is 9.97. The summed E-state index contributed by atoms with van der Waals surface area (Å²) in [4.78, 5) is 32.0. The Labute approximate surface area is 127 Å². The van der Waals surface area contributed by atoms with E-state index in [1.807, 2.05) is 18.2 Å². The van der Waals surface area contributed by atoms with Crippen LogP contribution in [0.15, 0.2) is 30.3 Å². The molecular formula is C15H15N5O2. The number of carbonyl (C=O) groups excluding carboxylic acids is 2. The number of aromatic nitrogens is 2. The Morgan fingerprint density at radius 1 is 1.36 bits per heavy atom. The van der Waals surface area contributed by atoms with Gasteiger partial charge in [0.15, 0.2) is 0 Å². The van der Waals surface area contributed by atoms with Gasteiger partial charge in [0.1, 0.15) is 5.69 Å². The van der Waals surface area contributed by atoms with Gasteiger partial charge in [-0.15, -0.1) is 0 Å². The van der Waals surface area contributed by atoms with Gasteiger partial charge in [-0.3, -0.25) is 9.59 Å². The molecule has 0 fully saturated rings. The SMILES string of the molecule is Cc1cc(C(=O)NC2CC(=O)Nc3ccccc32)nc(N)n1. The molecule has 1 unspecified atom stereocenters. The molecule has 7 nitrogen and oxygen atoms in total. The number of carbonyl (C=O) groups is 2. The summed E-state index contributed by atoms with van der Waals surface area (Å²) in [6.07, 6.45) is 0.183. The van der Waals surface area contributed by atoms with E-state index in [1.165, 1.54) is 0 Å². The Hall–Kier alpha value is -2.96. The van der Waals surface area contributed by atoms with Crippen LogP contribution in [0.2, 0.25) is 0 Å². The number of benzene rings is 1. The summed E-state index contributed by atoms with van der Waals surface area (Å²) < 4.78 is 0. The Kier molecular flexibility index (Phi) is 3.46. The molecule has 0 bridgehead atoms. The first-order chi connectivity index (χ1) is 10.5. The van der Waals surface area contributed by atoms with Crippen LogP contribution in [0.4, 0.5) is 11.6 Å². The highest BCUT2D eigenvalue weighted by Crippen LogP contribution is 2.30. The third-order valence-electron chi connectivity index (χ3n) is 3.41. The average molecular weight is 297 g/mol. The van der Waals surface area contributed by atoms with Crippen molar-refractivity contribution >= 4 is 23.5 Å². The van der Waals surface area contributed by atoms with E-state index in [2.05, 4.69) is 20.6 Å². The lowest BCUT2D eigenvalue weighted by Crippen LogP contribution is -2.35. The molecule has 7 heteroatoms. The Morgan fingerprint density at radius 2 is 2.14 bits per heavy atom. The molecule has 2 heterocycles. The largest absolute Gasteiger partial charge is 0.368 e. The normalized spacial score (nSPS) is 16.6. The van der Waals surface area contributed by atoms with Crippen molar-refractivity contribution in [2.24, 2.45) is 0 Å². The highest BCUT2D eigenvalue weighted by Gasteiger charge is 2.26. The average Bonchev–Trinajstić information content (AvgIpc) is 2.46. The van der Waals surface area contributed by atoms with Crippen LogP contribution in [0.5, 0.6) is 0 Å². The van der Waals surface area contributed by atoms with Crippen LogP contribution in [0, 0.1) is 6.92 Å². The zero-order valence-electron chi connectivity index (χ0n) is 12.0. The number of amides is 2. The Bertz CT molecular complexity index is 739. The van der Waals surface area contributed by atoms with Crippen LogP contribution < -0.4 is 16.4 Å². The zero-order valence-corrected chi connectivity index (χ0v) is 12.0. The molecule has 2 amide bonds. The number of nitrogens with one attached hydrogen (secondary N) is 2. The third kappa shape index (κ3) is 2.73. The van der Waals surface area contributed by atoms with Crippen molar-refractivity contribution in [3.63, 3.8) is 0 Å². The topological polar surface area (TPSA) is 110 Å².